The van der Waals surface area contributed by atoms with Gasteiger partial charge in [-0.15, -0.1) is 11.8 Å². The molecule has 1 N–H and O–H groups in total. The molecular weight excluding hydrogens is 457 g/mol. The molecular formula is C26H23ClFN3OS. The van der Waals surface area contributed by atoms with Crippen molar-refractivity contribution in [3.63, 3.8) is 0 Å². The van der Waals surface area contributed by atoms with Gasteiger partial charge in [0.15, 0.2) is 0 Å². The molecule has 1 aliphatic rings. The number of amides is 1. The van der Waals surface area contributed by atoms with Gasteiger partial charge in [0, 0.05) is 17.1 Å². The van der Waals surface area contributed by atoms with Crippen LogP contribution in [0.1, 0.15) is 28.7 Å². The average Bonchev–Trinajstić information content (AvgIpc) is 2.95. The summed E-state index contributed by atoms with van der Waals surface area (Å²) in [6.45, 7) is 5.99. The summed E-state index contributed by atoms with van der Waals surface area (Å²) >= 11 is 7.43. The van der Waals surface area contributed by atoms with Gasteiger partial charge in [-0.25, -0.2) is 9.38 Å². The minimum absolute atomic E-state index is 0.141. The Hall–Kier alpha value is -2.96. The molecule has 0 atom stereocenters. The van der Waals surface area contributed by atoms with Gasteiger partial charge in [0.2, 0.25) is 5.91 Å². The highest BCUT2D eigenvalue weighted by Crippen LogP contribution is 2.36. The van der Waals surface area contributed by atoms with Crippen molar-refractivity contribution in [2.24, 2.45) is 9.98 Å². The summed E-state index contributed by atoms with van der Waals surface area (Å²) in [7, 11) is 0. The quantitative estimate of drug-likeness (QED) is 0.425. The van der Waals surface area contributed by atoms with Crippen LogP contribution < -0.4 is 5.32 Å². The molecule has 0 fully saturated rings. The Morgan fingerprint density at radius 2 is 1.64 bits per heavy atom. The van der Waals surface area contributed by atoms with Crippen LogP contribution in [-0.4, -0.2) is 22.4 Å². The number of carbonyl (C=O) groups is 1. The molecule has 0 radical (unpaired) electrons. The number of carbonyl (C=O) groups excluding carboxylic acids is 1. The normalized spacial score (nSPS) is 13.0. The van der Waals surface area contributed by atoms with Gasteiger partial charge in [0.05, 0.1) is 27.9 Å². The van der Waals surface area contributed by atoms with Crippen LogP contribution in [0.4, 0.5) is 21.5 Å². The van der Waals surface area contributed by atoms with Crippen LogP contribution in [0.2, 0.25) is 5.02 Å². The predicted molar refractivity (Wildman–Crippen MR) is 138 cm³/mol. The Balaban J connectivity index is 1.59. The van der Waals surface area contributed by atoms with Crippen LogP contribution in [-0.2, 0) is 4.79 Å². The number of benzene rings is 3. The number of thioether (sulfide) groups is 1. The van der Waals surface area contributed by atoms with Crippen LogP contribution in [0.5, 0.6) is 0 Å². The van der Waals surface area contributed by atoms with Gasteiger partial charge in [-0.1, -0.05) is 29.8 Å². The number of nitrogens with zero attached hydrogens (tertiary/aromatic N) is 2. The standard InChI is InChI=1S/C26H23ClFN3OS/c1-15-4-7-19(27)12-21(15)30-25(32)14-33-26-13-22(18-5-8-20(28)9-6-18)29-23-10-16(2)17(3)11-24(23)31-26/h4-12H,13-14H2,1-3H3,(H,30,32). The molecule has 0 spiro atoms. The molecule has 1 aliphatic heterocycles. The fourth-order valence-electron chi connectivity index (χ4n) is 3.42. The van der Waals surface area contributed by atoms with E-state index in [9.17, 15) is 9.18 Å². The lowest BCUT2D eigenvalue weighted by Crippen LogP contribution is -2.17. The Morgan fingerprint density at radius 3 is 2.33 bits per heavy atom. The fraction of sp³-hybridized carbons (Fsp3) is 0.192. The smallest absolute Gasteiger partial charge is 0.234 e. The summed E-state index contributed by atoms with van der Waals surface area (Å²) in [5.41, 5.74) is 7.03. The lowest BCUT2D eigenvalue weighted by atomic mass is 10.1. The van der Waals surface area contributed by atoms with Crippen LogP contribution in [0, 0.1) is 26.6 Å². The van der Waals surface area contributed by atoms with Crippen molar-refractivity contribution in [2.75, 3.05) is 11.1 Å². The minimum Gasteiger partial charge on any atom is -0.325 e. The number of aliphatic imine (C=N–C) groups is 2. The summed E-state index contributed by atoms with van der Waals surface area (Å²) in [6, 6.07) is 15.7. The van der Waals surface area contributed by atoms with Gasteiger partial charge in [-0.2, -0.15) is 0 Å². The second-order valence-corrected chi connectivity index (χ2v) is 9.45. The third kappa shape index (κ3) is 5.70. The van der Waals surface area contributed by atoms with Gasteiger partial charge in [-0.3, -0.25) is 9.79 Å². The Bertz CT molecular complexity index is 1290. The Labute approximate surface area is 202 Å². The number of nitrogens with one attached hydrogen (secondary N) is 1. The molecule has 168 valence electrons. The lowest BCUT2D eigenvalue weighted by molar-refractivity contribution is -0.113. The molecule has 0 saturated carbocycles. The lowest BCUT2D eigenvalue weighted by Gasteiger charge is -2.10. The van der Waals surface area contributed by atoms with E-state index in [1.54, 1.807) is 24.3 Å². The number of rotatable bonds is 4. The summed E-state index contributed by atoms with van der Waals surface area (Å²) < 4.78 is 13.5. The Morgan fingerprint density at radius 1 is 0.970 bits per heavy atom. The highest BCUT2D eigenvalue weighted by atomic mass is 35.5. The van der Waals surface area contributed by atoms with E-state index in [1.807, 2.05) is 39.0 Å². The second kappa shape index (κ2) is 9.89. The number of halogens is 2. The first-order valence-corrected chi connectivity index (χ1v) is 11.9. The van der Waals surface area contributed by atoms with Crippen LogP contribution in [0.3, 0.4) is 0 Å². The number of aryl methyl sites for hydroxylation is 3. The molecule has 0 aliphatic carbocycles. The first kappa shape index (κ1) is 23.2. The van der Waals surface area contributed by atoms with Crippen molar-refractivity contribution in [1.82, 2.24) is 0 Å². The van der Waals surface area contributed by atoms with Crippen molar-refractivity contribution in [3.8, 4) is 0 Å². The maximum Gasteiger partial charge on any atom is 0.234 e. The van der Waals surface area contributed by atoms with Crippen molar-refractivity contribution in [3.05, 3.63) is 87.7 Å². The number of hydrogen-bond acceptors (Lipinski definition) is 4. The van der Waals surface area contributed by atoms with Crippen molar-refractivity contribution >= 4 is 57.1 Å². The van der Waals surface area contributed by atoms with Crippen molar-refractivity contribution < 1.29 is 9.18 Å². The van der Waals surface area contributed by atoms with E-state index in [2.05, 4.69) is 5.32 Å². The SMILES string of the molecule is Cc1cc2c(cc1C)N=C(c1ccc(F)cc1)CC(SCC(=O)Nc1cc(Cl)ccc1C)=N2. The molecule has 33 heavy (non-hydrogen) atoms. The highest BCUT2D eigenvalue weighted by molar-refractivity contribution is 8.14. The van der Waals surface area contributed by atoms with Crippen molar-refractivity contribution in [2.45, 2.75) is 27.2 Å². The fourth-order valence-corrected chi connectivity index (χ4v) is 4.37. The largest absolute Gasteiger partial charge is 0.325 e. The van der Waals surface area contributed by atoms with E-state index in [4.69, 9.17) is 21.6 Å². The molecule has 0 unspecified atom stereocenters. The average molecular weight is 480 g/mol. The molecule has 4 nitrogen and oxygen atoms in total. The molecule has 3 aromatic rings. The molecule has 0 bridgehead atoms. The highest BCUT2D eigenvalue weighted by Gasteiger charge is 2.18. The van der Waals surface area contributed by atoms with Crippen molar-refractivity contribution in [1.29, 1.82) is 0 Å². The molecule has 4 rings (SSSR count). The van der Waals surface area contributed by atoms with Gasteiger partial charge < -0.3 is 5.32 Å². The summed E-state index contributed by atoms with van der Waals surface area (Å²) in [4.78, 5) is 22.3. The molecule has 1 heterocycles. The van der Waals surface area contributed by atoms with E-state index in [0.29, 0.717) is 17.1 Å². The van der Waals surface area contributed by atoms with Gasteiger partial charge in [0.25, 0.3) is 0 Å². The topological polar surface area (TPSA) is 53.8 Å². The summed E-state index contributed by atoms with van der Waals surface area (Å²) in [5.74, 6) is -0.240. The van der Waals surface area contributed by atoms with Crippen LogP contribution in [0.15, 0.2) is 64.6 Å². The zero-order chi connectivity index (χ0) is 23.5. The monoisotopic (exact) mass is 479 g/mol. The number of fused-ring (bicyclic) bond motifs is 1. The minimum atomic E-state index is -0.295. The van der Waals surface area contributed by atoms with Crippen LogP contribution in [0.25, 0.3) is 0 Å². The van der Waals surface area contributed by atoms with E-state index in [-0.39, 0.29) is 17.5 Å². The maximum absolute atomic E-state index is 13.5. The predicted octanol–water partition coefficient (Wildman–Crippen LogP) is 7.33. The third-order valence-corrected chi connectivity index (χ3v) is 6.64. The van der Waals surface area contributed by atoms with E-state index >= 15 is 0 Å². The summed E-state index contributed by atoms with van der Waals surface area (Å²) in [5, 5.41) is 4.26. The number of hydrogen-bond donors (Lipinski definition) is 1. The molecule has 0 aromatic heterocycles. The van der Waals surface area contributed by atoms with Gasteiger partial charge >= 0.3 is 0 Å². The summed E-state index contributed by atoms with van der Waals surface area (Å²) in [6.07, 6.45) is 0.451. The zero-order valence-corrected chi connectivity index (χ0v) is 20.1. The van der Waals surface area contributed by atoms with E-state index in [0.717, 1.165) is 44.4 Å². The Kier molecular flexibility index (Phi) is 6.96. The molecule has 1 amide bonds. The van der Waals surface area contributed by atoms with Crippen LogP contribution >= 0.6 is 23.4 Å². The number of anilines is 1. The first-order valence-electron chi connectivity index (χ1n) is 10.5. The molecule has 0 saturated heterocycles. The third-order valence-electron chi connectivity index (χ3n) is 5.43. The second-order valence-electron chi connectivity index (χ2n) is 7.97. The zero-order valence-electron chi connectivity index (χ0n) is 18.6. The van der Waals surface area contributed by atoms with E-state index in [1.165, 1.54) is 23.9 Å². The first-order chi connectivity index (χ1) is 15.8. The molecule has 3 aromatic carbocycles. The van der Waals surface area contributed by atoms with Gasteiger partial charge in [0.1, 0.15) is 5.82 Å². The van der Waals surface area contributed by atoms with Gasteiger partial charge in [-0.05, 0) is 79.4 Å². The van der Waals surface area contributed by atoms with E-state index < -0.39 is 0 Å². The molecule has 7 heteroatoms. The maximum atomic E-state index is 13.5.